The lowest BCUT2D eigenvalue weighted by Gasteiger charge is -2.27. The monoisotopic (exact) mass is 315 g/mol. The van der Waals surface area contributed by atoms with Gasteiger partial charge in [0.2, 0.25) is 11.8 Å². The first kappa shape index (κ1) is 15.4. The van der Waals surface area contributed by atoms with E-state index in [1.807, 2.05) is 6.92 Å². The number of hydrogen-bond donors (Lipinski definition) is 0. The van der Waals surface area contributed by atoms with Gasteiger partial charge < -0.3 is 0 Å². The van der Waals surface area contributed by atoms with Gasteiger partial charge in [0.05, 0.1) is 11.8 Å². The number of rotatable bonds is 5. The zero-order valence-corrected chi connectivity index (χ0v) is 14.8. The predicted octanol–water partition coefficient (Wildman–Crippen LogP) is 3.64. The van der Waals surface area contributed by atoms with Gasteiger partial charge in [-0.25, -0.2) is 0 Å². The lowest BCUT2D eigenvalue weighted by atomic mass is 9.83. The normalized spacial score (nSPS) is 45.9. The first-order chi connectivity index (χ1) is 11.0. The Morgan fingerprint density at radius 1 is 1.13 bits per heavy atom. The predicted molar refractivity (Wildman–Crippen MR) is 89.3 cm³/mol. The number of fused-ring (bicyclic) bond motifs is 3. The Morgan fingerprint density at radius 2 is 1.70 bits per heavy atom. The van der Waals surface area contributed by atoms with Crippen LogP contribution >= 0.6 is 0 Å². The second-order valence-electron chi connectivity index (χ2n) is 8.48. The average Bonchev–Trinajstić information content (AvgIpc) is 3.00. The second-order valence-corrected chi connectivity index (χ2v) is 8.48. The number of amides is 2. The summed E-state index contributed by atoms with van der Waals surface area (Å²) in [4.78, 5) is 27.7. The second kappa shape index (κ2) is 4.94. The zero-order chi connectivity index (χ0) is 16.5. The Kier molecular flexibility index (Phi) is 3.31. The van der Waals surface area contributed by atoms with Crippen LogP contribution in [0.1, 0.15) is 53.4 Å². The van der Waals surface area contributed by atoms with E-state index in [2.05, 4.69) is 32.9 Å². The molecule has 7 atom stereocenters. The molecule has 4 rings (SSSR count). The van der Waals surface area contributed by atoms with Gasteiger partial charge in [0.1, 0.15) is 0 Å². The minimum absolute atomic E-state index is 0.0501. The smallest absolute Gasteiger partial charge is 0.233 e. The van der Waals surface area contributed by atoms with Crippen molar-refractivity contribution in [3.63, 3.8) is 0 Å². The molecule has 1 aliphatic heterocycles. The molecule has 1 spiro atoms. The topological polar surface area (TPSA) is 37.4 Å². The van der Waals surface area contributed by atoms with Crippen LogP contribution in [-0.4, -0.2) is 22.8 Å². The lowest BCUT2D eigenvalue weighted by Crippen LogP contribution is -2.41. The molecule has 23 heavy (non-hydrogen) atoms. The molecule has 2 saturated carbocycles. The van der Waals surface area contributed by atoms with E-state index in [1.165, 1.54) is 12.8 Å². The van der Waals surface area contributed by atoms with E-state index in [-0.39, 0.29) is 35.1 Å². The van der Waals surface area contributed by atoms with Gasteiger partial charge >= 0.3 is 0 Å². The number of nitrogens with zero attached hydrogens (tertiary/aromatic N) is 1. The summed E-state index contributed by atoms with van der Waals surface area (Å²) >= 11 is 0. The van der Waals surface area contributed by atoms with Crippen molar-refractivity contribution < 1.29 is 9.59 Å². The number of hydrogen-bond acceptors (Lipinski definition) is 2. The van der Waals surface area contributed by atoms with Crippen molar-refractivity contribution in [3.8, 4) is 0 Å². The first-order valence-corrected chi connectivity index (χ1v) is 9.54. The van der Waals surface area contributed by atoms with E-state index in [4.69, 9.17) is 0 Å². The number of allylic oxidation sites excluding steroid dienone is 2. The van der Waals surface area contributed by atoms with Crippen LogP contribution in [-0.2, 0) is 9.59 Å². The minimum Gasteiger partial charge on any atom is -0.279 e. The van der Waals surface area contributed by atoms with Gasteiger partial charge in [0.15, 0.2) is 0 Å². The Labute approximate surface area is 139 Å². The third-order valence-electron chi connectivity index (χ3n) is 7.55. The van der Waals surface area contributed by atoms with Crippen molar-refractivity contribution in [1.82, 2.24) is 4.90 Å². The van der Waals surface area contributed by atoms with E-state index >= 15 is 0 Å². The average molecular weight is 315 g/mol. The van der Waals surface area contributed by atoms with Gasteiger partial charge in [0.25, 0.3) is 0 Å². The van der Waals surface area contributed by atoms with Crippen LogP contribution in [0.4, 0.5) is 0 Å². The summed E-state index contributed by atoms with van der Waals surface area (Å²) in [5.41, 5.74) is 0.260. The van der Waals surface area contributed by atoms with Crippen LogP contribution in [0.3, 0.4) is 0 Å². The molecule has 4 aliphatic rings. The molecule has 0 radical (unpaired) electrons. The van der Waals surface area contributed by atoms with Crippen LogP contribution in [0.25, 0.3) is 0 Å². The quantitative estimate of drug-likeness (QED) is 0.574. The van der Waals surface area contributed by atoms with Crippen molar-refractivity contribution in [2.75, 3.05) is 0 Å². The summed E-state index contributed by atoms with van der Waals surface area (Å²) in [6, 6.07) is 0.0607. The molecule has 0 aromatic rings. The molecule has 126 valence electrons. The maximum atomic E-state index is 13.0. The maximum Gasteiger partial charge on any atom is 0.233 e. The largest absolute Gasteiger partial charge is 0.279 e. The highest BCUT2D eigenvalue weighted by molar-refractivity contribution is 6.07. The first-order valence-electron chi connectivity index (χ1n) is 9.54. The van der Waals surface area contributed by atoms with E-state index in [9.17, 15) is 9.59 Å². The van der Waals surface area contributed by atoms with Crippen LogP contribution in [0.5, 0.6) is 0 Å². The molecule has 0 aromatic carbocycles. The van der Waals surface area contributed by atoms with E-state index < -0.39 is 0 Å². The highest BCUT2D eigenvalue weighted by Crippen LogP contribution is 2.78. The minimum atomic E-state index is -0.0501. The molecule has 3 nitrogen and oxygen atoms in total. The van der Waals surface area contributed by atoms with Gasteiger partial charge in [-0.1, -0.05) is 45.8 Å². The van der Waals surface area contributed by atoms with Gasteiger partial charge in [-0.15, -0.1) is 0 Å². The molecule has 1 saturated heterocycles. The molecule has 7 unspecified atom stereocenters. The molecular formula is C20H29NO2. The standard InChI is InChI=1S/C20H29NO2/c1-5-7-12(4)21-18(22)16-13-8-9-14(17(16)19(21)23)20(13)10-15(20)11(3)6-2/h8-9,11-17H,5-7,10H2,1-4H3. The molecule has 3 fully saturated rings. The van der Waals surface area contributed by atoms with E-state index in [0.29, 0.717) is 23.7 Å². The summed E-state index contributed by atoms with van der Waals surface area (Å²) < 4.78 is 0. The third-order valence-corrected chi connectivity index (χ3v) is 7.55. The van der Waals surface area contributed by atoms with Gasteiger partial charge in [0, 0.05) is 6.04 Å². The molecule has 0 aromatic heterocycles. The fourth-order valence-corrected chi connectivity index (χ4v) is 6.30. The molecule has 0 N–H and O–H groups in total. The number of imide groups is 1. The fourth-order valence-electron chi connectivity index (χ4n) is 6.30. The Morgan fingerprint density at radius 3 is 2.17 bits per heavy atom. The Balaban J connectivity index is 1.62. The summed E-state index contributed by atoms with van der Waals surface area (Å²) in [5.74, 6) is 2.23. The third kappa shape index (κ3) is 1.71. The summed E-state index contributed by atoms with van der Waals surface area (Å²) in [7, 11) is 0. The molecular weight excluding hydrogens is 286 g/mol. The maximum absolute atomic E-state index is 13.0. The van der Waals surface area contributed by atoms with Crippen LogP contribution in [0.15, 0.2) is 12.2 Å². The summed E-state index contributed by atoms with van der Waals surface area (Å²) in [6.07, 6.45) is 8.92. The van der Waals surface area contributed by atoms with Crippen molar-refractivity contribution in [2.45, 2.75) is 59.4 Å². The van der Waals surface area contributed by atoms with Crippen molar-refractivity contribution in [3.05, 3.63) is 12.2 Å². The Bertz CT molecular complexity index is 548. The SMILES string of the molecule is CCCC(C)N1C(=O)C2C(C1=O)C1C=CC2C12CC2C(C)CC. The van der Waals surface area contributed by atoms with E-state index in [1.54, 1.807) is 4.90 Å². The van der Waals surface area contributed by atoms with E-state index in [0.717, 1.165) is 12.8 Å². The van der Waals surface area contributed by atoms with Crippen LogP contribution in [0, 0.1) is 40.9 Å². The van der Waals surface area contributed by atoms with Crippen molar-refractivity contribution in [1.29, 1.82) is 0 Å². The summed E-state index contributed by atoms with van der Waals surface area (Å²) in [5, 5.41) is 0. The van der Waals surface area contributed by atoms with Crippen LogP contribution in [0.2, 0.25) is 0 Å². The number of carbonyl (C=O) groups is 2. The Hall–Kier alpha value is -1.12. The molecule has 2 amide bonds. The van der Waals surface area contributed by atoms with Crippen LogP contribution < -0.4 is 0 Å². The zero-order valence-electron chi connectivity index (χ0n) is 14.8. The molecule has 3 aliphatic carbocycles. The molecule has 3 heteroatoms. The van der Waals surface area contributed by atoms with Gasteiger partial charge in [-0.3, -0.25) is 14.5 Å². The number of carbonyl (C=O) groups excluding carboxylic acids is 2. The molecule has 2 bridgehead atoms. The summed E-state index contributed by atoms with van der Waals surface area (Å²) in [6.45, 7) is 8.74. The highest BCUT2D eigenvalue weighted by Gasteiger charge is 2.77. The van der Waals surface area contributed by atoms with Crippen molar-refractivity contribution in [2.24, 2.45) is 40.9 Å². The van der Waals surface area contributed by atoms with Crippen molar-refractivity contribution >= 4 is 11.8 Å². The van der Waals surface area contributed by atoms with Gasteiger partial charge in [-0.2, -0.15) is 0 Å². The number of likely N-dealkylation sites (tertiary alicyclic amines) is 1. The lowest BCUT2D eigenvalue weighted by molar-refractivity contribution is -0.143. The highest BCUT2D eigenvalue weighted by atomic mass is 16.2. The molecule has 1 heterocycles. The fraction of sp³-hybridized carbons (Fsp3) is 0.800. The van der Waals surface area contributed by atoms with Gasteiger partial charge in [-0.05, 0) is 48.9 Å².